The number of thiazole rings is 1. The predicted molar refractivity (Wildman–Crippen MR) is 57.5 cm³/mol. The monoisotopic (exact) mass is 223 g/mol. The molecule has 2 aromatic rings. The second-order valence-corrected chi connectivity index (χ2v) is 3.88. The zero-order valence-electron chi connectivity index (χ0n) is 7.94. The minimum absolute atomic E-state index is 0.0369. The molecule has 7 heteroatoms. The van der Waals surface area contributed by atoms with Gasteiger partial charge in [0.15, 0.2) is 10.9 Å². The van der Waals surface area contributed by atoms with E-state index in [-0.39, 0.29) is 5.78 Å². The van der Waals surface area contributed by atoms with Gasteiger partial charge in [0.2, 0.25) is 0 Å². The summed E-state index contributed by atoms with van der Waals surface area (Å²) in [6.45, 7) is 1.50. The number of nitrogen functional groups attached to an aromatic ring is 1. The standard InChI is InChI=1S/C8H9N5OS/c1-4(14)7-6(5-2-10-11-3-5)12-8(13-9)15-7/h2-3H,9H2,1H3,(H,10,11)(H,12,13). The molecule has 0 radical (unpaired) electrons. The van der Waals surface area contributed by atoms with Crippen LogP contribution in [0.1, 0.15) is 16.6 Å². The highest BCUT2D eigenvalue weighted by atomic mass is 32.1. The van der Waals surface area contributed by atoms with Gasteiger partial charge in [0.05, 0.1) is 16.8 Å². The van der Waals surface area contributed by atoms with Crippen molar-refractivity contribution in [1.82, 2.24) is 15.2 Å². The highest BCUT2D eigenvalue weighted by molar-refractivity contribution is 7.18. The third-order valence-electron chi connectivity index (χ3n) is 1.84. The maximum absolute atomic E-state index is 11.4. The third kappa shape index (κ3) is 1.74. The molecule has 0 saturated carbocycles. The van der Waals surface area contributed by atoms with Crippen molar-refractivity contribution in [3.63, 3.8) is 0 Å². The number of nitrogens with zero attached hydrogens (tertiary/aromatic N) is 2. The number of hydrogen-bond donors (Lipinski definition) is 3. The van der Waals surface area contributed by atoms with Gasteiger partial charge in [-0.05, 0) is 0 Å². The number of Topliss-reactive ketones (excluding diaryl/α,β-unsaturated/α-hetero) is 1. The van der Waals surface area contributed by atoms with Crippen molar-refractivity contribution in [3.8, 4) is 11.3 Å². The van der Waals surface area contributed by atoms with E-state index in [0.29, 0.717) is 15.7 Å². The molecule has 0 aromatic carbocycles. The van der Waals surface area contributed by atoms with E-state index in [1.807, 2.05) is 0 Å². The Labute approximate surface area is 89.5 Å². The molecule has 0 atom stereocenters. The van der Waals surface area contributed by atoms with Crippen molar-refractivity contribution in [2.45, 2.75) is 6.92 Å². The number of aromatic amines is 1. The fourth-order valence-electron chi connectivity index (χ4n) is 1.20. The van der Waals surface area contributed by atoms with Crippen LogP contribution in [-0.4, -0.2) is 21.0 Å². The maximum atomic E-state index is 11.4. The number of nitrogens with one attached hydrogen (secondary N) is 2. The maximum Gasteiger partial charge on any atom is 0.198 e. The van der Waals surface area contributed by atoms with E-state index in [1.165, 1.54) is 18.3 Å². The van der Waals surface area contributed by atoms with Crippen LogP contribution in [0.2, 0.25) is 0 Å². The first kappa shape index (κ1) is 9.81. The third-order valence-corrected chi connectivity index (χ3v) is 2.93. The average Bonchev–Trinajstić information content (AvgIpc) is 2.86. The van der Waals surface area contributed by atoms with Crippen molar-refractivity contribution >= 4 is 22.3 Å². The van der Waals surface area contributed by atoms with Gasteiger partial charge < -0.3 is 0 Å². The average molecular weight is 223 g/mol. The number of aromatic nitrogens is 3. The fourth-order valence-corrected chi connectivity index (χ4v) is 1.99. The zero-order valence-corrected chi connectivity index (χ0v) is 8.76. The molecule has 4 N–H and O–H groups in total. The molecule has 0 amide bonds. The van der Waals surface area contributed by atoms with E-state index in [2.05, 4.69) is 20.6 Å². The number of ketones is 1. The molecule has 0 unspecified atom stereocenters. The lowest BCUT2D eigenvalue weighted by Gasteiger charge is -1.92. The van der Waals surface area contributed by atoms with E-state index in [9.17, 15) is 4.79 Å². The molecule has 0 saturated heterocycles. The Morgan fingerprint density at radius 1 is 1.67 bits per heavy atom. The van der Waals surface area contributed by atoms with E-state index in [1.54, 1.807) is 12.4 Å². The molecule has 0 spiro atoms. The molecular weight excluding hydrogens is 214 g/mol. The molecule has 2 aromatic heterocycles. The SMILES string of the molecule is CC(=O)c1sc(NN)nc1-c1cn[nH]c1. The number of anilines is 1. The minimum Gasteiger partial charge on any atom is -0.300 e. The molecule has 2 rings (SSSR count). The van der Waals surface area contributed by atoms with Crippen LogP contribution in [-0.2, 0) is 0 Å². The van der Waals surface area contributed by atoms with Gasteiger partial charge in [-0.25, -0.2) is 10.8 Å². The summed E-state index contributed by atoms with van der Waals surface area (Å²) in [7, 11) is 0. The summed E-state index contributed by atoms with van der Waals surface area (Å²) in [6, 6.07) is 0. The lowest BCUT2D eigenvalue weighted by Crippen LogP contribution is -2.05. The molecule has 0 aliphatic rings. The lowest BCUT2D eigenvalue weighted by molar-refractivity contribution is 0.102. The number of hydrazine groups is 1. The first-order chi connectivity index (χ1) is 7.22. The van der Waals surface area contributed by atoms with Crippen molar-refractivity contribution in [3.05, 3.63) is 17.3 Å². The second kappa shape index (κ2) is 3.79. The molecule has 6 nitrogen and oxygen atoms in total. The highest BCUT2D eigenvalue weighted by Gasteiger charge is 2.16. The molecule has 15 heavy (non-hydrogen) atoms. The van der Waals surface area contributed by atoms with Gasteiger partial charge in [-0.2, -0.15) is 5.10 Å². The summed E-state index contributed by atoms with van der Waals surface area (Å²) in [4.78, 5) is 16.1. The Morgan fingerprint density at radius 3 is 3.00 bits per heavy atom. The van der Waals surface area contributed by atoms with Gasteiger partial charge in [-0.1, -0.05) is 11.3 Å². The van der Waals surface area contributed by atoms with Crippen LogP contribution in [0, 0.1) is 0 Å². The number of hydrogen-bond acceptors (Lipinski definition) is 6. The summed E-state index contributed by atoms with van der Waals surface area (Å²) in [5.41, 5.74) is 3.81. The number of carbonyl (C=O) groups is 1. The van der Waals surface area contributed by atoms with Gasteiger partial charge in [0, 0.05) is 18.7 Å². The van der Waals surface area contributed by atoms with Crippen LogP contribution in [0.5, 0.6) is 0 Å². The Hall–Kier alpha value is -1.73. The van der Waals surface area contributed by atoms with Gasteiger partial charge in [0.25, 0.3) is 0 Å². The van der Waals surface area contributed by atoms with E-state index in [0.717, 1.165) is 5.56 Å². The van der Waals surface area contributed by atoms with Gasteiger partial charge in [-0.15, -0.1) is 0 Å². The second-order valence-electron chi connectivity index (χ2n) is 2.88. The fraction of sp³-hybridized carbons (Fsp3) is 0.125. The molecular formula is C8H9N5OS. The first-order valence-electron chi connectivity index (χ1n) is 4.20. The van der Waals surface area contributed by atoms with Crippen LogP contribution in [0.3, 0.4) is 0 Å². The van der Waals surface area contributed by atoms with Crippen LogP contribution in [0.15, 0.2) is 12.4 Å². The van der Waals surface area contributed by atoms with E-state index >= 15 is 0 Å². The van der Waals surface area contributed by atoms with Gasteiger partial charge in [-0.3, -0.25) is 15.3 Å². The van der Waals surface area contributed by atoms with Crippen LogP contribution in [0.4, 0.5) is 5.13 Å². The van der Waals surface area contributed by atoms with E-state index in [4.69, 9.17) is 5.84 Å². The van der Waals surface area contributed by atoms with Crippen molar-refractivity contribution in [2.24, 2.45) is 5.84 Å². The Balaban J connectivity index is 2.54. The smallest absolute Gasteiger partial charge is 0.198 e. The summed E-state index contributed by atoms with van der Waals surface area (Å²) >= 11 is 1.23. The van der Waals surface area contributed by atoms with Crippen LogP contribution < -0.4 is 11.3 Å². The van der Waals surface area contributed by atoms with Crippen molar-refractivity contribution < 1.29 is 4.79 Å². The Morgan fingerprint density at radius 2 is 2.47 bits per heavy atom. The highest BCUT2D eigenvalue weighted by Crippen LogP contribution is 2.30. The van der Waals surface area contributed by atoms with Gasteiger partial charge in [0.1, 0.15) is 0 Å². The zero-order chi connectivity index (χ0) is 10.8. The van der Waals surface area contributed by atoms with Crippen molar-refractivity contribution in [1.29, 1.82) is 0 Å². The summed E-state index contributed by atoms with van der Waals surface area (Å²) in [5, 5.41) is 6.99. The lowest BCUT2D eigenvalue weighted by atomic mass is 10.2. The Kier molecular flexibility index (Phi) is 2.48. The number of H-pyrrole nitrogens is 1. The molecule has 0 aliphatic carbocycles. The van der Waals surface area contributed by atoms with Crippen LogP contribution in [0.25, 0.3) is 11.3 Å². The normalized spacial score (nSPS) is 10.3. The molecule has 78 valence electrons. The topological polar surface area (TPSA) is 96.7 Å². The number of nitrogens with two attached hydrogens (primary N) is 1. The summed E-state index contributed by atoms with van der Waals surface area (Å²) < 4.78 is 0. The quantitative estimate of drug-likeness (QED) is 0.410. The number of carbonyl (C=O) groups excluding carboxylic acids is 1. The molecule has 2 heterocycles. The van der Waals surface area contributed by atoms with Crippen molar-refractivity contribution in [2.75, 3.05) is 5.43 Å². The first-order valence-corrected chi connectivity index (χ1v) is 5.01. The van der Waals surface area contributed by atoms with Crippen LogP contribution >= 0.6 is 11.3 Å². The minimum atomic E-state index is -0.0369. The molecule has 0 bridgehead atoms. The predicted octanol–water partition coefficient (Wildman–Crippen LogP) is 1.02. The molecule has 0 aliphatic heterocycles. The Bertz CT molecular complexity index is 475. The summed E-state index contributed by atoms with van der Waals surface area (Å²) in [5.74, 6) is 5.21. The largest absolute Gasteiger partial charge is 0.300 e. The van der Waals surface area contributed by atoms with Gasteiger partial charge >= 0.3 is 0 Å². The summed E-state index contributed by atoms with van der Waals surface area (Å²) in [6.07, 6.45) is 3.30. The number of rotatable bonds is 3. The molecule has 0 fully saturated rings. The van der Waals surface area contributed by atoms with E-state index < -0.39 is 0 Å².